The van der Waals surface area contributed by atoms with E-state index in [9.17, 15) is 9.59 Å². The number of amides is 2. The highest BCUT2D eigenvalue weighted by molar-refractivity contribution is 5.93. The number of aryl methyl sites for hydroxylation is 1. The number of carbonyl (C=O) groups excluding carboxylic acids is 2. The first-order chi connectivity index (χ1) is 10.5. The molecule has 0 radical (unpaired) electrons. The van der Waals surface area contributed by atoms with Gasteiger partial charge in [-0.2, -0.15) is 0 Å². The van der Waals surface area contributed by atoms with Crippen molar-refractivity contribution < 1.29 is 9.59 Å². The van der Waals surface area contributed by atoms with Gasteiger partial charge in [0, 0.05) is 38.7 Å². The van der Waals surface area contributed by atoms with Crippen LogP contribution < -0.4 is 4.90 Å². The van der Waals surface area contributed by atoms with E-state index in [1.54, 1.807) is 16.7 Å². The van der Waals surface area contributed by atoms with Crippen molar-refractivity contribution in [2.24, 2.45) is 0 Å². The molecule has 0 unspecified atom stereocenters. The minimum Gasteiger partial charge on any atom is -0.342 e. The SMILES string of the molecule is CCCCN(CCC(=O)N(CC)c1cccc(C)c1)C(C)=O. The second-order valence-corrected chi connectivity index (χ2v) is 5.59. The van der Waals surface area contributed by atoms with Crippen molar-refractivity contribution in [1.29, 1.82) is 0 Å². The third kappa shape index (κ3) is 5.51. The zero-order chi connectivity index (χ0) is 16.5. The molecule has 0 saturated heterocycles. The van der Waals surface area contributed by atoms with Crippen LogP contribution in [0, 0.1) is 6.92 Å². The topological polar surface area (TPSA) is 40.6 Å². The summed E-state index contributed by atoms with van der Waals surface area (Å²) in [6.07, 6.45) is 2.39. The van der Waals surface area contributed by atoms with Gasteiger partial charge in [0.05, 0.1) is 0 Å². The first-order valence-electron chi connectivity index (χ1n) is 8.12. The Morgan fingerprint density at radius 3 is 2.41 bits per heavy atom. The highest BCUT2D eigenvalue weighted by Crippen LogP contribution is 2.17. The molecule has 4 heteroatoms. The largest absolute Gasteiger partial charge is 0.342 e. The van der Waals surface area contributed by atoms with Crippen LogP contribution in [0.1, 0.15) is 45.6 Å². The van der Waals surface area contributed by atoms with E-state index in [0.717, 1.165) is 30.6 Å². The Bertz CT molecular complexity index is 500. The molecule has 1 aromatic rings. The quantitative estimate of drug-likeness (QED) is 0.738. The highest BCUT2D eigenvalue weighted by Gasteiger charge is 2.16. The molecule has 0 fully saturated rings. The minimum absolute atomic E-state index is 0.0415. The molecule has 2 amide bonds. The lowest BCUT2D eigenvalue weighted by Crippen LogP contribution is -2.36. The fourth-order valence-corrected chi connectivity index (χ4v) is 2.44. The Kier molecular flexibility index (Phi) is 7.64. The molecule has 0 aliphatic rings. The third-order valence-electron chi connectivity index (χ3n) is 3.75. The highest BCUT2D eigenvalue weighted by atomic mass is 16.2. The molecule has 0 bridgehead atoms. The van der Waals surface area contributed by atoms with E-state index >= 15 is 0 Å². The number of hydrogen-bond donors (Lipinski definition) is 0. The van der Waals surface area contributed by atoms with Gasteiger partial charge in [0.15, 0.2) is 0 Å². The minimum atomic E-state index is 0.0415. The molecule has 0 aromatic heterocycles. The van der Waals surface area contributed by atoms with Crippen LogP contribution in [0.25, 0.3) is 0 Å². The van der Waals surface area contributed by atoms with Crippen LogP contribution >= 0.6 is 0 Å². The molecule has 1 aromatic carbocycles. The summed E-state index contributed by atoms with van der Waals surface area (Å²) in [7, 11) is 0. The standard InChI is InChI=1S/C18H28N2O2/c1-5-7-12-19(16(4)21)13-11-18(22)20(6-2)17-10-8-9-15(3)14-17/h8-10,14H,5-7,11-13H2,1-4H3. The number of benzene rings is 1. The molecule has 0 aliphatic carbocycles. The van der Waals surface area contributed by atoms with E-state index in [1.165, 1.54) is 0 Å². The molecule has 4 nitrogen and oxygen atoms in total. The lowest BCUT2D eigenvalue weighted by atomic mass is 10.2. The average Bonchev–Trinajstić information content (AvgIpc) is 2.47. The third-order valence-corrected chi connectivity index (χ3v) is 3.75. The molecule has 0 spiro atoms. The van der Waals surface area contributed by atoms with Gasteiger partial charge in [-0.15, -0.1) is 0 Å². The monoisotopic (exact) mass is 304 g/mol. The van der Waals surface area contributed by atoms with Crippen LogP contribution in [0.5, 0.6) is 0 Å². The molecule has 0 aliphatic heterocycles. The van der Waals surface area contributed by atoms with Crippen molar-refractivity contribution in [3.63, 3.8) is 0 Å². The molecule has 22 heavy (non-hydrogen) atoms. The Hall–Kier alpha value is -1.84. The summed E-state index contributed by atoms with van der Waals surface area (Å²) in [6, 6.07) is 7.95. The summed E-state index contributed by atoms with van der Waals surface area (Å²) < 4.78 is 0. The summed E-state index contributed by atoms with van der Waals surface area (Å²) in [4.78, 5) is 27.6. The van der Waals surface area contributed by atoms with Gasteiger partial charge in [-0.3, -0.25) is 9.59 Å². The molecule has 0 N–H and O–H groups in total. The van der Waals surface area contributed by atoms with Crippen molar-refractivity contribution in [2.75, 3.05) is 24.5 Å². The van der Waals surface area contributed by atoms with Crippen LogP contribution in [0.3, 0.4) is 0 Å². The van der Waals surface area contributed by atoms with Crippen molar-refractivity contribution in [3.05, 3.63) is 29.8 Å². The molecular weight excluding hydrogens is 276 g/mol. The number of hydrogen-bond acceptors (Lipinski definition) is 2. The van der Waals surface area contributed by atoms with Crippen LogP contribution in [-0.2, 0) is 9.59 Å². The number of anilines is 1. The van der Waals surface area contributed by atoms with Gasteiger partial charge in [0.25, 0.3) is 0 Å². The van der Waals surface area contributed by atoms with Crippen LogP contribution in [0.4, 0.5) is 5.69 Å². The number of unbranched alkanes of at least 4 members (excludes halogenated alkanes) is 1. The zero-order valence-electron chi connectivity index (χ0n) is 14.3. The molecule has 122 valence electrons. The van der Waals surface area contributed by atoms with Crippen LogP contribution in [-0.4, -0.2) is 36.3 Å². The van der Waals surface area contributed by atoms with Crippen molar-refractivity contribution in [3.8, 4) is 0 Å². The first-order valence-corrected chi connectivity index (χ1v) is 8.12. The summed E-state index contributed by atoms with van der Waals surface area (Å²) in [5, 5.41) is 0. The Morgan fingerprint density at radius 1 is 1.14 bits per heavy atom. The number of carbonyl (C=O) groups is 2. The zero-order valence-corrected chi connectivity index (χ0v) is 14.3. The lowest BCUT2D eigenvalue weighted by Gasteiger charge is -2.25. The van der Waals surface area contributed by atoms with E-state index in [2.05, 4.69) is 6.92 Å². The van der Waals surface area contributed by atoms with Crippen molar-refractivity contribution in [1.82, 2.24) is 4.90 Å². The number of nitrogens with zero attached hydrogens (tertiary/aromatic N) is 2. The normalized spacial score (nSPS) is 10.4. The van der Waals surface area contributed by atoms with E-state index < -0.39 is 0 Å². The van der Waals surface area contributed by atoms with Crippen LogP contribution in [0.2, 0.25) is 0 Å². The van der Waals surface area contributed by atoms with E-state index in [4.69, 9.17) is 0 Å². The van der Waals surface area contributed by atoms with E-state index in [1.807, 2.05) is 38.1 Å². The second-order valence-electron chi connectivity index (χ2n) is 5.59. The number of rotatable bonds is 8. The lowest BCUT2D eigenvalue weighted by molar-refractivity contribution is -0.129. The maximum Gasteiger partial charge on any atom is 0.228 e. The Labute approximate surface area is 134 Å². The van der Waals surface area contributed by atoms with Gasteiger partial charge >= 0.3 is 0 Å². The van der Waals surface area contributed by atoms with Gasteiger partial charge in [0.1, 0.15) is 0 Å². The maximum absolute atomic E-state index is 12.5. The Morgan fingerprint density at radius 2 is 1.86 bits per heavy atom. The summed E-state index contributed by atoms with van der Waals surface area (Å²) >= 11 is 0. The van der Waals surface area contributed by atoms with Gasteiger partial charge in [-0.05, 0) is 38.0 Å². The second kappa shape index (κ2) is 9.23. The maximum atomic E-state index is 12.5. The Balaban J connectivity index is 2.66. The fraction of sp³-hybridized carbons (Fsp3) is 0.556. The van der Waals surface area contributed by atoms with Gasteiger partial charge in [-0.1, -0.05) is 25.5 Å². The first kappa shape index (κ1) is 18.2. The van der Waals surface area contributed by atoms with E-state index in [-0.39, 0.29) is 11.8 Å². The van der Waals surface area contributed by atoms with Crippen molar-refractivity contribution >= 4 is 17.5 Å². The van der Waals surface area contributed by atoms with Gasteiger partial charge < -0.3 is 9.80 Å². The van der Waals surface area contributed by atoms with Crippen LogP contribution in [0.15, 0.2) is 24.3 Å². The predicted molar refractivity (Wildman–Crippen MR) is 91.0 cm³/mol. The molecule has 0 saturated carbocycles. The fourth-order valence-electron chi connectivity index (χ4n) is 2.44. The van der Waals surface area contributed by atoms with E-state index in [0.29, 0.717) is 19.5 Å². The van der Waals surface area contributed by atoms with Gasteiger partial charge in [0.2, 0.25) is 11.8 Å². The average molecular weight is 304 g/mol. The molecule has 1 rings (SSSR count). The van der Waals surface area contributed by atoms with Gasteiger partial charge in [-0.25, -0.2) is 0 Å². The summed E-state index contributed by atoms with van der Waals surface area (Å²) in [5.41, 5.74) is 2.06. The summed E-state index contributed by atoms with van der Waals surface area (Å²) in [6.45, 7) is 9.52. The predicted octanol–water partition coefficient (Wildman–Crippen LogP) is 3.39. The summed E-state index contributed by atoms with van der Waals surface area (Å²) in [5.74, 6) is 0.107. The molecule has 0 atom stereocenters. The molecular formula is C18H28N2O2. The molecule has 0 heterocycles. The smallest absolute Gasteiger partial charge is 0.228 e. The van der Waals surface area contributed by atoms with Crippen molar-refractivity contribution in [2.45, 2.75) is 47.0 Å².